The minimum atomic E-state index is -0.0222. The maximum absolute atomic E-state index is 12.6. The Kier molecular flexibility index (Phi) is 3.97. The van der Waals surface area contributed by atoms with Crippen LogP contribution in [0.4, 0.5) is 0 Å². The van der Waals surface area contributed by atoms with Crippen LogP contribution in [-0.4, -0.2) is 10.9 Å². The molecule has 1 aromatic carbocycles. The first kappa shape index (κ1) is 14.6. The fraction of sp³-hybridized carbons (Fsp3) is 0.222. The number of hydrogen-bond donors (Lipinski definition) is 1. The number of carbonyl (C=O) groups excluding carboxylic acids is 1. The first-order valence-electron chi connectivity index (χ1n) is 7.67. The second-order valence-corrected chi connectivity index (χ2v) is 7.68. The molecule has 0 aliphatic heterocycles. The van der Waals surface area contributed by atoms with E-state index in [1.54, 1.807) is 17.5 Å². The Morgan fingerprint density at radius 2 is 2.00 bits per heavy atom. The van der Waals surface area contributed by atoms with Crippen molar-refractivity contribution in [3.8, 4) is 9.88 Å². The second-order valence-electron chi connectivity index (χ2n) is 5.71. The zero-order valence-electron chi connectivity index (χ0n) is 12.4. The Morgan fingerprint density at radius 1 is 1.17 bits per heavy atom. The van der Waals surface area contributed by atoms with Crippen molar-refractivity contribution in [1.29, 1.82) is 0 Å². The highest BCUT2D eigenvalue weighted by Crippen LogP contribution is 2.41. The molecule has 1 aliphatic carbocycles. The molecule has 3 nitrogen and oxygen atoms in total. The lowest BCUT2D eigenvalue weighted by atomic mass is 10.0. The Labute approximate surface area is 143 Å². The molecule has 4 rings (SSSR count). The molecule has 0 bridgehead atoms. The number of aromatic nitrogens is 1. The number of hydrogen-bond acceptors (Lipinski definition) is 4. The summed E-state index contributed by atoms with van der Waals surface area (Å²) >= 11 is 3.10. The lowest BCUT2D eigenvalue weighted by Crippen LogP contribution is -2.29. The summed E-state index contributed by atoms with van der Waals surface area (Å²) in [4.78, 5) is 18.8. The first-order valence-corrected chi connectivity index (χ1v) is 9.36. The maximum atomic E-state index is 12.6. The van der Waals surface area contributed by atoms with Gasteiger partial charge < -0.3 is 5.32 Å². The van der Waals surface area contributed by atoms with E-state index in [2.05, 4.69) is 22.4 Å². The van der Waals surface area contributed by atoms with Gasteiger partial charge in [0.1, 0.15) is 9.88 Å². The highest BCUT2D eigenvalue weighted by Gasteiger charge is 2.33. The van der Waals surface area contributed by atoms with Crippen molar-refractivity contribution in [3.63, 3.8) is 0 Å². The van der Waals surface area contributed by atoms with Gasteiger partial charge in [-0.2, -0.15) is 0 Å². The summed E-state index contributed by atoms with van der Waals surface area (Å²) in [5, 5.41) is 6.14. The molecule has 1 fully saturated rings. The molecule has 1 unspecified atom stereocenters. The van der Waals surface area contributed by atoms with Crippen LogP contribution in [0.2, 0.25) is 0 Å². The topological polar surface area (TPSA) is 42.0 Å². The summed E-state index contributed by atoms with van der Waals surface area (Å²) in [6.45, 7) is 0. The summed E-state index contributed by atoms with van der Waals surface area (Å²) in [5.41, 5.74) is 1.19. The largest absolute Gasteiger partial charge is 0.344 e. The van der Waals surface area contributed by atoms with Gasteiger partial charge in [-0.05, 0) is 35.8 Å². The second kappa shape index (κ2) is 6.26. The molecule has 0 spiro atoms. The van der Waals surface area contributed by atoms with E-state index >= 15 is 0 Å². The normalized spacial score (nSPS) is 15.3. The molecule has 1 atom stereocenters. The lowest BCUT2D eigenvalue weighted by molar-refractivity contribution is 0.0935. The van der Waals surface area contributed by atoms with Crippen LogP contribution in [0, 0.1) is 5.92 Å². The van der Waals surface area contributed by atoms with Gasteiger partial charge in [0.2, 0.25) is 0 Å². The molecule has 0 radical (unpaired) electrons. The third kappa shape index (κ3) is 3.21. The van der Waals surface area contributed by atoms with E-state index in [4.69, 9.17) is 0 Å². The molecular weight excluding hydrogens is 324 g/mol. The van der Waals surface area contributed by atoms with Gasteiger partial charge in [-0.3, -0.25) is 4.79 Å². The van der Waals surface area contributed by atoms with Gasteiger partial charge >= 0.3 is 0 Å². The Hall–Kier alpha value is -1.98. The monoisotopic (exact) mass is 340 g/mol. The lowest BCUT2D eigenvalue weighted by Gasteiger charge is -2.18. The van der Waals surface area contributed by atoms with E-state index in [1.807, 2.05) is 35.7 Å². The number of rotatable bonds is 5. The molecular formula is C18H16N2OS2. The van der Waals surface area contributed by atoms with Crippen LogP contribution in [0.25, 0.3) is 9.88 Å². The van der Waals surface area contributed by atoms with Crippen LogP contribution in [0.15, 0.2) is 54.0 Å². The van der Waals surface area contributed by atoms with E-state index in [0.29, 0.717) is 10.8 Å². The molecule has 2 aromatic heterocycles. The summed E-state index contributed by atoms with van der Waals surface area (Å²) < 4.78 is 0. The van der Waals surface area contributed by atoms with Crippen molar-refractivity contribution in [2.45, 2.75) is 18.9 Å². The Bertz CT molecular complexity index is 792. The Morgan fingerprint density at radius 3 is 2.70 bits per heavy atom. The zero-order valence-corrected chi connectivity index (χ0v) is 14.1. The van der Waals surface area contributed by atoms with Crippen molar-refractivity contribution >= 4 is 28.6 Å². The summed E-state index contributed by atoms with van der Waals surface area (Å²) in [5.74, 6) is 0.539. The first-order chi connectivity index (χ1) is 11.3. The fourth-order valence-electron chi connectivity index (χ4n) is 2.67. The third-order valence-corrected chi connectivity index (χ3v) is 6.04. The van der Waals surface area contributed by atoms with E-state index in [9.17, 15) is 4.79 Å². The molecule has 116 valence electrons. The molecule has 2 heterocycles. The van der Waals surface area contributed by atoms with Gasteiger partial charge in [-0.25, -0.2) is 4.98 Å². The number of thiazole rings is 1. The predicted molar refractivity (Wildman–Crippen MR) is 94.8 cm³/mol. The van der Waals surface area contributed by atoms with E-state index in [0.717, 1.165) is 9.88 Å². The molecule has 0 saturated heterocycles. The molecule has 1 amide bonds. The van der Waals surface area contributed by atoms with Gasteiger partial charge in [0.25, 0.3) is 5.91 Å². The molecule has 3 aromatic rings. The van der Waals surface area contributed by atoms with Crippen LogP contribution in [-0.2, 0) is 0 Å². The summed E-state index contributed by atoms with van der Waals surface area (Å²) in [7, 11) is 0. The van der Waals surface area contributed by atoms with Gasteiger partial charge in [0.15, 0.2) is 0 Å². The highest BCUT2D eigenvalue weighted by molar-refractivity contribution is 7.21. The van der Waals surface area contributed by atoms with Gasteiger partial charge in [-0.15, -0.1) is 22.7 Å². The number of benzene rings is 1. The van der Waals surface area contributed by atoms with Crippen LogP contribution in [0.5, 0.6) is 0 Å². The van der Waals surface area contributed by atoms with Crippen LogP contribution < -0.4 is 5.32 Å². The standard InChI is InChI=1S/C18H16N2OS2/c21-17(15-11-19-18(23-15)14-7-4-10-22-14)20-16(13-8-9-13)12-5-2-1-3-6-12/h1-7,10-11,13,16H,8-9H2,(H,20,21). The molecule has 1 aliphatic rings. The number of nitrogens with one attached hydrogen (secondary N) is 1. The predicted octanol–water partition coefficient (Wildman–Crippen LogP) is 4.75. The van der Waals surface area contributed by atoms with Crippen molar-refractivity contribution in [2.75, 3.05) is 0 Å². The minimum Gasteiger partial charge on any atom is -0.344 e. The van der Waals surface area contributed by atoms with Gasteiger partial charge in [0, 0.05) is 0 Å². The summed E-state index contributed by atoms with van der Waals surface area (Å²) in [6.07, 6.45) is 4.05. The SMILES string of the molecule is O=C(NC(c1ccccc1)C1CC1)c1cnc(-c2cccs2)s1. The maximum Gasteiger partial charge on any atom is 0.263 e. The van der Waals surface area contributed by atoms with E-state index < -0.39 is 0 Å². The van der Waals surface area contributed by atoms with Crippen LogP contribution in [0.3, 0.4) is 0 Å². The third-order valence-electron chi connectivity index (χ3n) is 4.00. The average molecular weight is 340 g/mol. The highest BCUT2D eigenvalue weighted by atomic mass is 32.1. The van der Waals surface area contributed by atoms with E-state index in [-0.39, 0.29) is 11.9 Å². The van der Waals surface area contributed by atoms with Crippen molar-refractivity contribution < 1.29 is 4.79 Å². The van der Waals surface area contributed by atoms with Crippen molar-refractivity contribution in [2.24, 2.45) is 5.92 Å². The Balaban J connectivity index is 1.52. The molecule has 5 heteroatoms. The smallest absolute Gasteiger partial charge is 0.263 e. The number of amides is 1. The van der Waals surface area contributed by atoms with Gasteiger partial charge in [-0.1, -0.05) is 36.4 Å². The number of thiophene rings is 1. The average Bonchev–Trinajstić information content (AvgIpc) is 3.08. The van der Waals surface area contributed by atoms with Crippen LogP contribution in [0.1, 0.15) is 34.1 Å². The van der Waals surface area contributed by atoms with Crippen molar-refractivity contribution in [3.05, 3.63) is 64.5 Å². The number of nitrogens with zero attached hydrogens (tertiary/aromatic N) is 1. The minimum absolute atomic E-state index is 0.0222. The van der Waals surface area contributed by atoms with Crippen LogP contribution >= 0.6 is 22.7 Å². The molecule has 1 N–H and O–H groups in total. The quantitative estimate of drug-likeness (QED) is 0.728. The summed E-state index contributed by atoms with van der Waals surface area (Å²) in [6, 6.07) is 14.4. The van der Waals surface area contributed by atoms with E-state index in [1.165, 1.54) is 29.7 Å². The molecule has 1 saturated carbocycles. The zero-order chi connectivity index (χ0) is 15.6. The van der Waals surface area contributed by atoms with Gasteiger partial charge in [0.05, 0.1) is 17.1 Å². The van der Waals surface area contributed by atoms with Crippen molar-refractivity contribution in [1.82, 2.24) is 10.3 Å². The number of carbonyl (C=O) groups is 1. The fourth-order valence-corrected chi connectivity index (χ4v) is 4.29. The molecule has 23 heavy (non-hydrogen) atoms.